The quantitative estimate of drug-likeness (QED) is 0.600. The average molecular weight is 257 g/mol. The van der Waals surface area contributed by atoms with Crippen molar-refractivity contribution in [1.82, 2.24) is 0 Å². The van der Waals surface area contributed by atoms with E-state index in [4.69, 9.17) is 0 Å². The van der Waals surface area contributed by atoms with Crippen LogP contribution in [0, 0.1) is 6.92 Å². The molecule has 1 aliphatic carbocycles. The van der Waals surface area contributed by atoms with Gasteiger partial charge in [0, 0.05) is 5.69 Å². The molecule has 0 N–H and O–H groups in total. The van der Waals surface area contributed by atoms with Crippen LogP contribution in [-0.2, 0) is 9.59 Å². The number of rotatable bonds is 5. The van der Waals surface area contributed by atoms with Crippen LogP contribution in [0.4, 0.5) is 5.69 Å². The van der Waals surface area contributed by atoms with E-state index in [1.807, 2.05) is 37.3 Å². The van der Waals surface area contributed by atoms with Gasteiger partial charge in [-0.3, -0.25) is 9.59 Å². The molecule has 19 heavy (non-hydrogen) atoms. The number of Topliss-reactive ketones (excluding diaryl/α,β-unsaturated/α-hetero) is 1. The van der Waals surface area contributed by atoms with E-state index in [0.717, 1.165) is 24.1 Å². The number of carbonyl (C=O) groups excluding carboxylic acids is 2. The van der Waals surface area contributed by atoms with Gasteiger partial charge in [-0.05, 0) is 38.8 Å². The lowest BCUT2D eigenvalue weighted by Crippen LogP contribution is -2.41. The third kappa shape index (κ3) is 2.75. The van der Waals surface area contributed by atoms with E-state index in [2.05, 4.69) is 6.58 Å². The highest BCUT2D eigenvalue weighted by Crippen LogP contribution is 2.45. The molecule has 1 fully saturated rings. The maximum absolute atomic E-state index is 12.3. The lowest BCUT2D eigenvalue weighted by atomic mass is 10.1. The average Bonchev–Trinajstić information content (AvgIpc) is 3.12. The van der Waals surface area contributed by atoms with Crippen LogP contribution in [0.1, 0.15) is 31.7 Å². The molecule has 100 valence electrons. The second-order valence-corrected chi connectivity index (χ2v) is 5.25. The summed E-state index contributed by atoms with van der Waals surface area (Å²) in [5, 5.41) is 0. The normalized spacial score (nSPS) is 15.7. The van der Waals surface area contributed by atoms with Crippen LogP contribution in [0.15, 0.2) is 36.9 Å². The number of hydrogen-bond donors (Lipinski definition) is 0. The SMILES string of the molecule is C=CC1(N(C(=O)CC(C)=O)c2ccc(C)cc2)CC1. The third-order valence-corrected chi connectivity index (χ3v) is 3.53. The standard InChI is InChI=1S/C16H19NO2/c1-4-16(9-10-16)17(15(19)11-13(3)18)14-7-5-12(2)6-8-14/h4-8H,1,9-11H2,2-3H3. The molecule has 1 saturated carbocycles. The van der Waals surface area contributed by atoms with Gasteiger partial charge < -0.3 is 4.90 Å². The van der Waals surface area contributed by atoms with Gasteiger partial charge in [0.1, 0.15) is 5.78 Å². The van der Waals surface area contributed by atoms with Crippen LogP contribution >= 0.6 is 0 Å². The molecule has 0 radical (unpaired) electrons. The minimum Gasteiger partial charge on any atom is -0.302 e. The number of amides is 1. The molecule has 1 aliphatic rings. The molecule has 0 bridgehead atoms. The van der Waals surface area contributed by atoms with Crippen LogP contribution in [0.3, 0.4) is 0 Å². The van der Waals surface area contributed by atoms with E-state index < -0.39 is 0 Å². The predicted octanol–water partition coefficient (Wildman–Crippen LogP) is 3.03. The lowest BCUT2D eigenvalue weighted by molar-refractivity contribution is -0.125. The predicted molar refractivity (Wildman–Crippen MR) is 76.1 cm³/mol. The van der Waals surface area contributed by atoms with E-state index in [9.17, 15) is 9.59 Å². The van der Waals surface area contributed by atoms with Gasteiger partial charge in [0.05, 0.1) is 12.0 Å². The first-order valence-corrected chi connectivity index (χ1v) is 6.51. The number of ketones is 1. The van der Waals surface area contributed by atoms with Crippen LogP contribution in [0.25, 0.3) is 0 Å². The number of anilines is 1. The van der Waals surface area contributed by atoms with E-state index in [-0.39, 0.29) is 23.7 Å². The Morgan fingerprint density at radius 1 is 1.32 bits per heavy atom. The van der Waals surface area contributed by atoms with Crippen LogP contribution in [-0.4, -0.2) is 17.2 Å². The number of aryl methyl sites for hydroxylation is 1. The second kappa shape index (κ2) is 5.00. The Morgan fingerprint density at radius 2 is 1.89 bits per heavy atom. The molecule has 0 aliphatic heterocycles. The number of hydrogen-bond acceptors (Lipinski definition) is 2. The zero-order valence-electron chi connectivity index (χ0n) is 11.5. The molecular weight excluding hydrogens is 238 g/mol. The molecule has 2 rings (SSSR count). The number of carbonyl (C=O) groups is 2. The Kier molecular flexibility index (Phi) is 3.56. The maximum Gasteiger partial charge on any atom is 0.235 e. The van der Waals surface area contributed by atoms with Gasteiger partial charge in [-0.2, -0.15) is 0 Å². The highest BCUT2D eigenvalue weighted by atomic mass is 16.2. The van der Waals surface area contributed by atoms with Crippen LogP contribution in [0.2, 0.25) is 0 Å². The summed E-state index contributed by atoms with van der Waals surface area (Å²) in [6.07, 6.45) is 3.59. The number of benzene rings is 1. The summed E-state index contributed by atoms with van der Waals surface area (Å²) in [5.41, 5.74) is 1.70. The molecule has 3 heteroatoms. The van der Waals surface area contributed by atoms with E-state index in [0.29, 0.717) is 0 Å². The highest BCUT2D eigenvalue weighted by Gasteiger charge is 2.48. The summed E-state index contributed by atoms with van der Waals surface area (Å²) in [5.74, 6) is -0.254. The van der Waals surface area contributed by atoms with Crippen LogP contribution in [0.5, 0.6) is 0 Å². The fourth-order valence-corrected chi connectivity index (χ4v) is 2.28. The lowest BCUT2D eigenvalue weighted by Gasteiger charge is -2.30. The smallest absolute Gasteiger partial charge is 0.235 e. The first-order valence-electron chi connectivity index (χ1n) is 6.51. The second-order valence-electron chi connectivity index (χ2n) is 5.25. The number of nitrogens with zero attached hydrogens (tertiary/aromatic N) is 1. The molecule has 0 heterocycles. The Morgan fingerprint density at radius 3 is 2.32 bits per heavy atom. The highest BCUT2D eigenvalue weighted by molar-refractivity contribution is 6.06. The summed E-state index contributed by atoms with van der Waals surface area (Å²) in [7, 11) is 0. The van der Waals surface area contributed by atoms with Gasteiger partial charge in [0.15, 0.2) is 0 Å². The molecule has 0 atom stereocenters. The molecule has 0 spiro atoms. The molecule has 1 aromatic carbocycles. The van der Waals surface area contributed by atoms with Crippen molar-refractivity contribution in [3.63, 3.8) is 0 Å². The van der Waals surface area contributed by atoms with Crippen molar-refractivity contribution in [2.24, 2.45) is 0 Å². The van der Waals surface area contributed by atoms with E-state index in [1.165, 1.54) is 6.92 Å². The van der Waals surface area contributed by atoms with Gasteiger partial charge in [-0.25, -0.2) is 0 Å². The van der Waals surface area contributed by atoms with Crippen molar-refractivity contribution < 1.29 is 9.59 Å². The fourth-order valence-electron chi connectivity index (χ4n) is 2.28. The summed E-state index contributed by atoms with van der Waals surface area (Å²) >= 11 is 0. The van der Waals surface area contributed by atoms with Crippen molar-refractivity contribution in [2.75, 3.05) is 4.90 Å². The van der Waals surface area contributed by atoms with Gasteiger partial charge in [0.25, 0.3) is 0 Å². The Hall–Kier alpha value is -1.90. The first kappa shape index (κ1) is 13.5. The van der Waals surface area contributed by atoms with Crippen molar-refractivity contribution in [2.45, 2.75) is 38.6 Å². The minimum absolute atomic E-state index is 0.0521. The Bertz CT molecular complexity index is 512. The molecule has 0 saturated heterocycles. The Labute approximate surface area is 113 Å². The van der Waals surface area contributed by atoms with Gasteiger partial charge in [-0.1, -0.05) is 23.8 Å². The fraction of sp³-hybridized carbons (Fsp3) is 0.375. The zero-order chi connectivity index (χ0) is 14.0. The zero-order valence-corrected chi connectivity index (χ0v) is 11.5. The molecule has 1 amide bonds. The largest absolute Gasteiger partial charge is 0.302 e. The Balaban J connectivity index is 2.34. The summed E-state index contributed by atoms with van der Waals surface area (Å²) < 4.78 is 0. The van der Waals surface area contributed by atoms with Gasteiger partial charge in [-0.15, -0.1) is 6.58 Å². The van der Waals surface area contributed by atoms with E-state index >= 15 is 0 Å². The van der Waals surface area contributed by atoms with Crippen LogP contribution < -0.4 is 4.90 Å². The van der Waals surface area contributed by atoms with Gasteiger partial charge in [0.2, 0.25) is 5.91 Å². The van der Waals surface area contributed by atoms with Crippen molar-refractivity contribution >= 4 is 17.4 Å². The monoisotopic (exact) mass is 257 g/mol. The summed E-state index contributed by atoms with van der Waals surface area (Å²) in [6, 6.07) is 7.80. The van der Waals surface area contributed by atoms with Crippen molar-refractivity contribution in [1.29, 1.82) is 0 Å². The van der Waals surface area contributed by atoms with Crippen molar-refractivity contribution in [3.05, 3.63) is 42.5 Å². The van der Waals surface area contributed by atoms with Gasteiger partial charge >= 0.3 is 0 Å². The summed E-state index contributed by atoms with van der Waals surface area (Å²) in [4.78, 5) is 25.3. The molecular formula is C16H19NO2. The van der Waals surface area contributed by atoms with Crippen molar-refractivity contribution in [3.8, 4) is 0 Å². The minimum atomic E-state index is -0.290. The topological polar surface area (TPSA) is 37.4 Å². The first-order chi connectivity index (χ1) is 8.98. The molecule has 3 nitrogen and oxygen atoms in total. The molecule has 0 aromatic heterocycles. The van der Waals surface area contributed by atoms with E-state index in [1.54, 1.807) is 4.90 Å². The summed E-state index contributed by atoms with van der Waals surface area (Å²) in [6.45, 7) is 7.29. The molecule has 0 unspecified atom stereocenters. The third-order valence-electron chi connectivity index (χ3n) is 3.53. The molecule has 1 aromatic rings. The maximum atomic E-state index is 12.3.